The minimum atomic E-state index is -5.26. The minimum absolute atomic E-state index is 0.0449. The molecule has 1 spiro atoms. The van der Waals surface area contributed by atoms with E-state index in [1.165, 1.54) is 12.7 Å². The maximum absolute atomic E-state index is 16.0. The van der Waals surface area contributed by atoms with Crippen LogP contribution in [0.4, 0.5) is 0 Å². The molecule has 7 unspecified atom stereocenters. The van der Waals surface area contributed by atoms with E-state index in [1.807, 2.05) is 60.6 Å². The quantitative estimate of drug-likeness (QED) is 0.0976. The molecule has 0 amide bonds. The largest absolute Gasteiger partial charge is 0.524 e. The Hall–Kier alpha value is -3.54. The highest BCUT2D eigenvalue weighted by Gasteiger charge is 2.86. The minimum Gasteiger partial charge on any atom is -0.482 e. The molecule has 57 heavy (non-hydrogen) atoms. The van der Waals surface area contributed by atoms with Crippen LogP contribution in [0.25, 0.3) is 6.08 Å². The fraction of sp³-hybridized carbons (Fsp3) is 0.614. The number of hydrogen-bond acceptors (Lipinski definition) is 10. The highest BCUT2D eigenvalue weighted by atomic mass is 31.2. The molecule has 0 aromatic heterocycles. The Labute approximate surface area is 335 Å². The van der Waals surface area contributed by atoms with Gasteiger partial charge in [-0.2, -0.15) is 0 Å². The van der Waals surface area contributed by atoms with Crippen LogP contribution in [-0.2, 0) is 30.0 Å². The van der Waals surface area contributed by atoms with Crippen molar-refractivity contribution >= 4 is 31.4 Å². The number of likely N-dealkylation sites (tertiary alicyclic amines) is 1. The summed E-state index contributed by atoms with van der Waals surface area (Å²) in [6, 6.07) is -0.559. The van der Waals surface area contributed by atoms with Crippen molar-refractivity contribution in [1.82, 2.24) is 4.90 Å². The molecule has 12 nitrogen and oxygen atoms in total. The number of ether oxygens (including phenoxy) is 4. The normalized spacial score (nSPS) is 32.4. The molecule has 1 aromatic rings. The number of esters is 1. The number of allylic oxidation sites excluding steroid dienone is 4. The molecule has 3 saturated carbocycles. The summed E-state index contributed by atoms with van der Waals surface area (Å²) in [7, 11) is -3.96. The molecule has 0 radical (unpaired) electrons. The van der Waals surface area contributed by atoms with E-state index in [2.05, 4.69) is 11.0 Å². The molecule has 7 atom stereocenters. The van der Waals surface area contributed by atoms with E-state index in [0.717, 1.165) is 24.8 Å². The average Bonchev–Trinajstić information content (AvgIpc) is 3.28. The highest BCUT2D eigenvalue weighted by Crippen LogP contribution is 2.71. The maximum atomic E-state index is 16.0. The van der Waals surface area contributed by atoms with Crippen LogP contribution in [0.2, 0.25) is 0 Å². The number of rotatable bonds is 11. The van der Waals surface area contributed by atoms with Gasteiger partial charge in [-0.3, -0.25) is 24.3 Å². The van der Waals surface area contributed by atoms with Crippen molar-refractivity contribution in [3.63, 3.8) is 0 Å². The SMILES string of the molecule is COC(=O)C(C)=CCC12OC(C)(C)C3CC(C1=O)C(N1CCCCC1)C1C(=O)c4c(OP(=O)(O)O)c5c(c(CC=C(C)C)c4OC132)OC(C)(CCC=C(C)C)C=C5. The lowest BCUT2D eigenvalue weighted by Crippen LogP contribution is -2.82. The number of phosphoric ester groups is 1. The van der Waals surface area contributed by atoms with Crippen molar-refractivity contribution in [3.05, 3.63) is 57.7 Å². The maximum Gasteiger partial charge on any atom is 0.524 e. The molecule has 13 heteroatoms. The Bertz CT molecular complexity index is 2040. The predicted molar refractivity (Wildman–Crippen MR) is 214 cm³/mol. The summed E-state index contributed by atoms with van der Waals surface area (Å²) in [5, 5.41) is 0. The molecule has 7 aliphatic rings. The lowest BCUT2D eigenvalue weighted by atomic mass is 9.44. The van der Waals surface area contributed by atoms with Crippen molar-refractivity contribution in [1.29, 1.82) is 0 Å². The lowest BCUT2D eigenvalue weighted by Gasteiger charge is -2.64. The van der Waals surface area contributed by atoms with Gasteiger partial charge < -0.3 is 23.5 Å². The first kappa shape index (κ1) is 41.6. The Morgan fingerprint density at radius 2 is 1.67 bits per heavy atom. The molecule has 4 bridgehead atoms. The molecule has 4 heterocycles. The number of hydrogen-bond donors (Lipinski definition) is 2. The molecule has 8 rings (SSSR count). The van der Waals surface area contributed by atoms with Crippen LogP contribution in [0.15, 0.2) is 41.0 Å². The van der Waals surface area contributed by atoms with Crippen LogP contribution >= 0.6 is 7.82 Å². The van der Waals surface area contributed by atoms with Crippen LogP contribution in [-0.4, -0.2) is 80.9 Å². The number of piperidine rings is 1. The van der Waals surface area contributed by atoms with Crippen molar-refractivity contribution < 1.29 is 52.2 Å². The van der Waals surface area contributed by atoms with E-state index in [-0.39, 0.29) is 46.8 Å². The van der Waals surface area contributed by atoms with Crippen molar-refractivity contribution in [3.8, 4) is 17.2 Å². The Morgan fingerprint density at radius 1 is 0.982 bits per heavy atom. The number of nitrogens with zero attached hydrogens (tertiary/aromatic N) is 1. The number of carbonyl (C=O) groups is 3. The molecule has 5 fully saturated rings. The number of carbonyl (C=O) groups excluding carboxylic acids is 3. The lowest BCUT2D eigenvalue weighted by molar-refractivity contribution is -0.214. The van der Waals surface area contributed by atoms with Crippen molar-refractivity contribution in [2.24, 2.45) is 17.8 Å². The summed E-state index contributed by atoms with van der Waals surface area (Å²) in [5.41, 5.74) is -1.87. The summed E-state index contributed by atoms with van der Waals surface area (Å²) >= 11 is 0. The average molecular weight is 808 g/mol. The number of ketones is 2. The Morgan fingerprint density at radius 3 is 2.30 bits per heavy atom. The number of phosphoric acid groups is 1. The summed E-state index contributed by atoms with van der Waals surface area (Å²) < 4.78 is 45.0. The van der Waals surface area contributed by atoms with Gasteiger partial charge in [-0.15, -0.1) is 0 Å². The number of Topliss-reactive ketones (excluding diaryl/α,β-unsaturated/α-hetero) is 2. The second-order valence-corrected chi connectivity index (χ2v) is 19.3. The fourth-order valence-corrected chi connectivity index (χ4v) is 11.2. The molecule has 310 valence electrons. The van der Waals surface area contributed by atoms with Crippen LogP contribution in [0.3, 0.4) is 0 Å². The van der Waals surface area contributed by atoms with Gasteiger partial charge in [-0.25, -0.2) is 9.36 Å². The number of fused-ring (bicyclic) bond motifs is 2. The number of methoxy groups -OCH3 is 1. The zero-order valence-electron chi connectivity index (χ0n) is 34.7. The van der Waals surface area contributed by atoms with E-state index < -0.39 is 65.8 Å². The van der Waals surface area contributed by atoms with E-state index in [0.29, 0.717) is 43.7 Å². The van der Waals surface area contributed by atoms with Gasteiger partial charge in [0.15, 0.2) is 28.5 Å². The van der Waals surface area contributed by atoms with Crippen LogP contribution in [0.1, 0.15) is 122 Å². The fourth-order valence-electron chi connectivity index (χ4n) is 10.8. The first-order valence-electron chi connectivity index (χ1n) is 20.3. The van der Waals surface area contributed by atoms with E-state index >= 15 is 9.59 Å². The first-order valence-corrected chi connectivity index (χ1v) is 21.8. The predicted octanol–water partition coefficient (Wildman–Crippen LogP) is 7.64. The molecular formula is C44H58NO11P. The standard InChI is InChI=1S/C44H58NO11P/c1-25(2)14-13-19-42(8)20-18-29-36(53-42)28(16-15-26(3)4)37-32(38(29)55-57(49,50)51)35(46)33-34(45-22-11-10-12-23-45)30-24-31-41(6,7)56-43(39(30)47,44(31,33)54-37)21-17-27(5)40(48)52-9/h14-15,17-18,20,30-31,33-34H,10-13,16,19,21-24H2,1-9H3,(H2,49,50,51). The second-order valence-electron chi connectivity index (χ2n) is 18.1. The smallest absolute Gasteiger partial charge is 0.482 e. The van der Waals surface area contributed by atoms with Gasteiger partial charge in [0.05, 0.1) is 24.2 Å². The highest BCUT2D eigenvalue weighted by molar-refractivity contribution is 7.46. The summed E-state index contributed by atoms with van der Waals surface area (Å²) in [4.78, 5) is 67.2. The monoisotopic (exact) mass is 807 g/mol. The molecule has 2 saturated heterocycles. The van der Waals surface area contributed by atoms with Gasteiger partial charge >= 0.3 is 13.8 Å². The molecule has 4 aliphatic heterocycles. The van der Waals surface area contributed by atoms with Gasteiger partial charge in [0.2, 0.25) is 0 Å². The topological polar surface area (TPSA) is 158 Å². The summed E-state index contributed by atoms with van der Waals surface area (Å²) in [6.07, 6.45) is 14.2. The third kappa shape index (κ3) is 6.77. The molecule has 1 aromatic carbocycles. The number of benzene rings is 1. The summed E-state index contributed by atoms with van der Waals surface area (Å²) in [5.74, 6) is -3.07. The van der Waals surface area contributed by atoms with Gasteiger partial charge in [0.1, 0.15) is 22.7 Å². The molecular weight excluding hydrogens is 749 g/mol. The molecule has 2 N–H and O–H groups in total. The first-order chi connectivity index (χ1) is 26.7. The van der Waals surface area contributed by atoms with E-state index in [1.54, 1.807) is 19.1 Å². The third-order valence-electron chi connectivity index (χ3n) is 13.2. The second kappa shape index (κ2) is 14.6. The van der Waals surface area contributed by atoms with Crippen LogP contribution in [0, 0.1) is 17.8 Å². The zero-order valence-corrected chi connectivity index (χ0v) is 35.6. The van der Waals surface area contributed by atoms with Crippen LogP contribution < -0.4 is 14.0 Å². The van der Waals surface area contributed by atoms with Gasteiger partial charge in [0, 0.05) is 35.4 Å². The third-order valence-corrected chi connectivity index (χ3v) is 13.6. The molecule has 3 aliphatic carbocycles. The zero-order chi connectivity index (χ0) is 41.5. The van der Waals surface area contributed by atoms with Gasteiger partial charge in [-0.05, 0) is 119 Å². The van der Waals surface area contributed by atoms with Crippen LogP contribution in [0.5, 0.6) is 17.2 Å². The Kier molecular flexibility index (Phi) is 10.7. The van der Waals surface area contributed by atoms with Crippen molar-refractivity contribution in [2.75, 3.05) is 20.2 Å². The van der Waals surface area contributed by atoms with Gasteiger partial charge in [0.25, 0.3) is 0 Å². The van der Waals surface area contributed by atoms with Gasteiger partial charge in [-0.1, -0.05) is 35.8 Å². The van der Waals surface area contributed by atoms with E-state index in [9.17, 15) is 19.1 Å². The summed E-state index contributed by atoms with van der Waals surface area (Å²) in [6.45, 7) is 16.8. The van der Waals surface area contributed by atoms with Crippen molar-refractivity contribution in [2.45, 2.75) is 135 Å². The van der Waals surface area contributed by atoms with E-state index in [4.69, 9.17) is 23.5 Å². The Balaban J connectivity index is 1.54.